The zero-order valence-electron chi connectivity index (χ0n) is 12.4. The van der Waals surface area contributed by atoms with Gasteiger partial charge in [-0.3, -0.25) is 4.79 Å². The van der Waals surface area contributed by atoms with Gasteiger partial charge in [0.1, 0.15) is 0 Å². The number of rotatable bonds is 3. The zero-order chi connectivity index (χ0) is 15.6. The highest BCUT2D eigenvalue weighted by atomic mass is 79.9. The quantitative estimate of drug-likeness (QED) is 0.844. The maximum absolute atomic E-state index is 12.6. The van der Waals surface area contributed by atoms with Gasteiger partial charge in [-0.2, -0.15) is 0 Å². The van der Waals surface area contributed by atoms with Crippen molar-refractivity contribution in [3.05, 3.63) is 21.6 Å². The summed E-state index contributed by atoms with van der Waals surface area (Å²) in [5.41, 5.74) is 0.496. The van der Waals surface area contributed by atoms with Crippen molar-refractivity contribution in [1.82, 2.24) is 5.32 Å². The first-order valence-corrected chi connectivity index (χ1v) is 8.09. The molecule has 1 fully saturated rings. The highest BCUT2D eigenvalue weighted by molar-refractivity contribution is 9.10. The van der Waals surface area contributed by atoms with E-state index in [9.17, 15) is 4.79 Å². The van der Waals surface area contributed by atoms with Crippen LogP contribution in [0, 0.1) is 5.41 Å². The number of amides is 1. The normalized spacial score (nSPS) is 20.9. The summed E-state index contributed by atoms with van der Waals surface area (Å²) in [6.45, 7) is 5.07. The second kappa shape index (κ2) is 6.55. The third-order valence-corrected chi connectivity index (χ3v) is 4.67. The lowest BCUT2D eigenvalue weighted by atomic mass is 9.77. The first-order chi connectivity index (χ1) is 9.85. The number of ether oxygens (including phenoxy) is 1. The van der Waals surface area contributed by atoms with Crippen LogP contribution in [-0.4, -0.2) is 25.6 Å². The zero-order valence-corrected chi connectivity index (χ0v) is 14.8. The van der Waals surface area contributed by atoms with Crippen molar-refractivity contribution in [1.29, 1.82) is 0 Å². The number of carbonyl (C=O) groups excluding carboxylic acids is 1. The summed E-state index contributed by atoms with van der Waals surface area (Å²) in [4.78, 5) is 12.6. The molecule has 0 aromatic heterocycles. The topological polar surface area (TPSA) is 50.4 Å². The summed E-state index contributed by atoms with van der Waals surface area (Å²) in [6.07, 6.45) is 2.11. The molecule has 2 rings (SSSR count). The Morgan fingerprint density at radius 1 is 1.52 bits per heavy atom. The van der Waals surface area contributed by atoms with Crippen LogP contribution in [0.15, 0.2) is 16.6 Å². The van der Waals surface area contributed by atoms with E-state index >= 15 is 0 Å². The number of carbonyl (C=O) groups is 1. The molecule has 1 atom stereocenters. The Hall–Kier alpha value is -0.780. The molecule has 0 aliphatic carbocycles. The van der Waals surface area contributed by atoms with E-state index in [1.54, 1.807) is 19.2 Å². The van der Waals surface area contributed by atoms with Crippen molar-refractivity contribution in [3.63, 3.8) is 0 Å². The van der Waals surface area contributed by atoms with E-state index in [1.807, 2.05) is 0 Å². The van der Waals surface area contributed by atoms with Gasteiger partial charge in [-0.15, -0.1) is 0 Å². The second-order valence-electron chi connectivity index (χ2n) is 5.94. The average molecular weight is 376 g/mol. The highest BCUT2D eigenvalue weighted by Crippen LogP contribution is 2.37. The first-order valence-electron chi connectivity index (χ1n) is 6.92. The number of halogens is 2. The van der Waals surface area contributed by atoms with Crippen molar-refractivity contribution in [2.24, 2.45) is 5.41 Å². The van der Waals surface area contributed by atoms with Crippen LogP contribution in [0.3, 0.4) is 0 Å². The van der Waals surface area contributed by atoms with Crippen molar-refractivity contribution >= 4 is 39.1 Å². The molecule has 0 bridgehead atoms. The molecule has 1 aromatic rings. The average Bonchev–Trinajstić information content (AvgIpc) is 2.37. The van der Waals surface area contributed by atoms with E-state index < -0.39 is 0 Å². The third-order valence-electron chi connectivity index (χ3n) is 3.86. The molecule has 0 spiro atoms. The molecule has 0 radical (unpaired) electrons. The molecule has 1 aromatic carbocycles. The fraction of sp³-hybridized carbons (Fsp3) is 0.533. The summed E-state index contributed by atoms with van der Waals surface area (Å²) < 4.78 is 6.04. The Labute approximate surface area is 138 Å². The number of nitrogens with one attached hydrogen (secondary N) is 2. The van der Waals surface area contributed by atoms with E-state index in [2.05, 4.69) is 40.4 Å². The molecule has 4 nitrogen and oxygen atoms in total. The minimum Gasteiger partial charge on any atom is -0.493 e. The molecular formula is C15H20BrClN2O2. The molecule has 6 heteroatoms. The van der Waals surface area contributed by atoms with Crippen LogP contribution in [0.25, 0.3) is 0 Å². The van der Waals surface area contributed by atoms with Crippen LogP contribution in [-0.2, 0) is 4.79 Å². The van der Waals surface area contributed by atoms with Gasteiger partial charge in [-0.05, 0) is 52.9 Å². The van der Waals surface area contributed by atoms with Crippen LogP contribution >= 0.6 is 27.5 Å². The van der Waals surface area contributed by atoms with Gasteiger partial charge >= 0.3 is 0 Å². The number of methoxy groups -OCH3 is 1. The summed E-state index contributed by atoms with van der Waals surface area (Å²) in [5, 5.41) is 6.76. The minimum atomic E-state index is -0.228. The highest BCUT2D eigenvalue weighted by Gasteiger charge is 2.37. The largest absolute Gasteiger partial charge is 0.493 e. The van der Waals surface area contributed by atoms with Gasteiger partial charge in [0.15, 0.2) is 5.75 Å². The van der Waals surface area contributed by atoms with E-state index in [1.165, 1.54) is 0 Å². The lowest BCUT2D eigenvalue weighted by Crippen LogP contribution is -2.53. The molecule has 1 aliphatic rings. The van der Waals surface area contributed by atoms with Crippen LogP contribution in [0.1, 0.15) is 26.7 Å². The molecule has 1 saturated heterocycles. The number of piperidine rings is 1. The van der Waals surface area contributed by atoms with Crippen molar-refractivity contribution in [2.75, 3.05) is 19.0 Å². The molecule has 1 amide bonds. The van der Waals surface area contributed by atoms with Crippen molar-refractivity contribution in [2.45, 2.75) is 32.7 Å². The molecule has 116 valence electrons. The predicted molar refractivity (Wildman–Crippen MR) is 89.1 cm³/mol. The van der Waals surface area contributed by atoms with Crippen LogP contribution in [0.4, 0.5) is 5.69 Å². The van der Waals surface area contributed by atoms with Crippen LogP contribution < -0.4 is 15.4 Å². The van der Waals surface area contributed by atoms with Gasteiger partial charge < -0.3 is 15.4 Å². The fourth-order valence-corrected chi connectivity index (χ4v) is 3.70. The summed E-state index contributed by atoms with van der Waals surface area (Å²) in [5.74, 6) is 0.508. The summed E-state index contributed by atoms with van der Waals surface area (Å²) >= 11 is 9.44. The van der Waals surface area contributed by atoms with Gasteiger partial charge in [0.05, 0.1) is 23.3 Å². The monoisotopic (exact) mass is 374 g/mol. The van der Waals surface area contributed by atoms with E-state index in [4.69, 9.17) is 16.3 Å². The molecule has 0 saturated carbocycles. The lowest BCUT2D eigenvalue weighted by molar-refractivity contribution is -0.121. The first kappa shape index (κ1) is 16.6. The second-order valence-corrected chi connectivity index (χ2v) is 7.23. The maximum atomic E-state index is 12.6. The van der Waals surface area contributed by atoms with Crippen molar-refractivity contribution in [3.8, 4) is 5.75 Å². The third kappa shape index (κ3) is 3.71. The van der Waals surface area contributed by atoms with Gasteiger partial charge in [0, 0.05) is 5.02 Å². The lowest BCUT2D eigenvalue weighted by Gasteiger charge is -2.38. The molecule has 1 aliphatic heterocycles. The standard InChI is InChI=1S/C15H20BrClN2O2/c1-15(2)5-4-6-18-13(15)14(20)19-11-8-9(17)7-10(16)12(11)21-3/h7-8,13,18H,4-6H2,1-3H3,(H,19,20). The number of hydrogen-bond acceptors (Lipinski definition) is 3. The number of anilines is 1. The van der Waals surface area contributed by atoms with Gasteiger partial charge in [-0.25, -0.2) is 0 Å². The molecular weight excluding hydrogens is 356 g/mol. The van der Waals surface area contributed by atoms with Crippen LogP contribution in [0.2, 0.25) is 5.02 Å². The Morgan fingerprint density at radius 3 is 2.86 bits per heavy atom. The number of benzene rings is 1. The Morgan fingerprint density at radius 2 is 2.24 bits per heavy atom. The molecule has 2 N–H and O–H groups in total. The van der Waals surface area contributed by atoms with E-state index in [0.29, 0.717) is 20.9 Å². The fourth-order valence-electron chi connectivity index (χ4n) is 2.72. The Kier molecular flexibility index (Phi) is 5.17. The van der Waals surface area contributed by atoms with Gasteiger partial charge in [0.2, 0.25) is 5.91 Å². The van der Waals surface area contributed by atoms with Gasteiger partial charge in [0.25, 0.3) is 0 Å². The summed E-state index contributed by atoms with van der Waals surface area (Å²) in [7, 11) is 1.56. The summed E-state index contributed by atoms with van der Waals surface area (Å²) in [6, 6.07) is 3.20. The van der Waals surface area contributed by atoms with E-state index in [-0.39, 0.29) is 17.4 Å². The van der Waals surface area contributed by atoms with Crippen molar-refractivity contribution < 1.29 is 9.53 Å². The van der Waals surface area contributed by atoms with Crippen LogP contribution in [0.5, 0.6) is 5.75 Å². The maximum Gasteiger partial charge on any atom is 0.242 e. The Bertz CT molecular complexity index is 549. The smallest absolute Gasteiger partial charge is 0.242 e. The predicted octanol–water partition coefficient (Wildman–Crippen LogP) is 3.83. The molecule has 1 unspecified atom stereocenters. The van der Waals surface area contributed by atoms with E-state index in [0.717, 1.165) is 19.4 Å². The SMILES string of the molecule is COc1c(Br)cc(Cl)cc1NC(=O)C1NCCCC1(C)C. The molecule has 21 heavy (non-hydrogen) atoms. The van der Waals surface area contributed by atoms with Gasteiger partial charge in [-0.1, -0.05) is 25.4 Å². The Balaban J connectivity index is 2.23. The molecule has 1 heterocycles. The minimum absolute atomic E-state index is 0.0628. The number of hydrogen-bond donors (Lipinski definition) is 2.